The summed E-state index contributed by atoms with van der Waals surface area (Å²) >= 11 is 6.19. The van der Waals surface area contributed by atoms with E-state index in [2.05, 4.69) is 6.92 Å². The molecule has 2 aliphatic rings. The zero-order valence-corrected chi connectivity index (χ0v) is 15.4. The number of halogens is 1. The summed E-state index contributed by atoms with van der Waals surface area (Å²) in [5.41, 5.74) is 0.284. The number of piperidine rings is 1. The first-order valence-corrected chi connectivity index (χ1v) is 10.3. The van der Waals surface area contributed by atoms with Crippen LogP contribution in [0.15, 0.2) is 23.1 Å². The van der Waals surface area contributed by atoms with Crippen LogP contribution in [0.2, 0.25) is 5.02 Å². The van der Waals surface area contributed by atoms with Gasteiger partial charge in [0, 0.05) is 26.2 Å². The summed E-state index contributed by atoms with van der Waals surface area (Å²) < 4.78 is 26.9. The fraction of sp³-hybridized carbons (Fsp3) is 0.588. The Morgan fingerprint density at radius 3 is 2.38 bits per heavy atom. The molecule has 2 saturated heterocycles. The van der Waals surface area contributed by atoms with Gasteiger partial charge in [-0.3, -0.25) is 4.79 Å². The molecule has 0 aromatic heterocycles. The second kappa shape index (κ2) is 7.02. The van der Waals surface area contributed by atoms with E-state index in [-0.39, 0.29) is 16.4 Å². The number of hydrogen-bond donors (Lipinski definition) is 0. The SMILES string of the molecule is CC1CCN(C(=O)c2cc(S(=O)(=O)N3CCCC3)ccc2Cl)CC1. The topological polar surface area (TPSA) is 57.7 Å². The predicted octanol–water partition coefficient (Wildman–Crippen LogP) is 3.00. The van der Waals surface area contributed by atoms with Crippen molar-refractivity contribution in [2.75, 3.05) is 26.2 Å². The van der Waals surface area contributed by atoms with Gasteiger partial charge in [-0.2, -0.15) is 4.31 Å². The van der Waals surface area contributed by atoms with Crippen LogP contribution in [0.1, 0.15) is 43.0 Å². The number of likely N-dealkylation sites (tertiary alicyclic amines) is 1. The molecule has 132 valence electrons. The van der Waals surface area contributed by atoms with Crippen LogP contribution in [0.5, 0.6) is 0 Å². The lowest BCUT2D eigenvalue weighted by Gasteiger charge is -2.30. The van der Waals surface area contributed by atoms with Crippen molar-refractivity contribution in [2.24, 2.45) is 5.92 Å². The summed E-state index contributed by atoms with van der Waals surface area (Å²) in [6, 6.07) is 4.45. The van der Waals surface area contributed by atoms with Gasteiger partial charge in [0.25, 0.3) is 5.91 Å². The Balaban J connectivity index is 1.87. The van der Waals surface area contributed by atoms with Gasteiger partial charge in [0.2, 0.25) is 10.0 Å². The number of rotatable bonds is 3. The standard InChI is InChI=1S/C17H23ClN2O3S/c1-13-6-10-19(11-7-13)17(21)15-12-14(4-5-16(15)18)24(22,23)20-8-2-3-9-20/h4-5,12-13H,2-3,6-11H2,1H3. The second-order valence-electron chi connectivity index (χ2n) is 6.73. The van der Waals surface area contributed by atoms with Crippen molar-refractivity contribution >= 4 is 27.5 Å². The Kier molecular flexibility index (Phi) is 5.18. The third kappa shape index (κ3) is 3.46. The molecule has 1 amide bonds. The molecule has 1 aromatic rings. The van der Waals surface area contributed by atoms with Gasteiger partial charge in [-0.25, -0.2) is 8.42 Å². The van der Waals surface area contributed by atoms with Crippen LogP contribution in [-0.4, -0.2) is 49.7 Å². The summed E-state index contributed by atoms with van der Waals surface area (Å²) in [5, 5.41) is 0.305. The van der Waals surface area contributed by atoms with Gasteiger partial charge in [-0.1, -0.05) is 18.5 Å². The Labute approximate surface area is 148 Å². The van der Waals surface area contributed by atoms with Crippen LogP contribution in [0, 0.1) is 5.92 Å². The quantitative estimate of drug-likeness (QED) is 0.821. The predicted molar refractivity (Wildman–Crippen MR) is 93.7 cm³/mol. The lowest BCUT2D eigenvalue weighted by atomic mass is 9.98. The van der Waals surface area contributed by atoms with E-state index in [9.17, 15) is 13.2 Å². The first kappa shape index (κ1) is 17.7. The van der Waals surface area contributed by atoms with Crippen LogP contribution >= 0.6 is 11.6 Å². The zero-order valence-electron chi connectivity index (χ0n) is 13.9. The van der Waals surface area contributed by atoms with Gasteiger partial charge >= 0.3 is 0 Å². The van der Waals surface area contributed by atoms with Crippen molar-refractivity contribution in [1.82, 2.24) is 9.21 Å². The second-order valence-corrected chi connectivity index (χ2v) is 9.07. The molecule has 2 fully saturated rings. The molecule has 0 saturated carbocycles. The number of carbonyl (C=O) groups is 1. The number of sulfonamides is 1. The number of carbonyl (C=O) groups excluding carboxylic acids is 1. The molecule has 5 nitrogen and oxygen atoms in total. The monoisotopic (exact) mass is 370 g/mol. The highest BCUT2D eigenvalue weighted by Crippen LogP contribution is 2.27. The highest BCUT2D eigenvalue weighted by molar-refractivity contribution is 7.89. The lowest BCUT2D eigenvalue weighted by Crippen LogP contribution is -2.38. The van der Waals surface area contributed by atoms with E-state index >= 15 is 0 Å². The average molecular weight is 371 g/mol. The summed E-state index contributed by atoms with van der Waals surface area (Å²) in [5.74, 6) is 0.441. The molecule has 0 atom stereocenters. The molecule has 2 heterocycles. The van der Waals surface area contributed by atoms with Crippen molar-refractivity contribution in [2.45, 2.75) is 37.5 Å². The van der Waals surface area contributed by atoms with Crippen molar-refractivity contribution in [1.29, 1.82) is 0 Å². The fourth-order valence-corrected chi connectivity index (χ4v) is 5.03. The lowest BCUT2D eigenvalue weighted by molar-refractivity contribution is 0.0697. The highest BCUT2D eigenvalue weighted by Gasteiger charge is 2.29. The number of amides is 1. The highest BCUT2D eigenvalue weighted by atomic mass is 35.5. The van der Waals surface area contributed by atoms with Crippen molar-refractivity contribution in [3.63, 3.8) is 0 Å². The number of nitrogens with zero attached hydrogens (tertiary/aromatic N) is 2. The van der Waals surface area contributed by atoms with E-state index in [4.69, 9.17) is 11.6 Å². The fourth-order valence-electron chi connectivity index (χ4n) is 3.29. The largest absolute Gasteiger partial charge is 0.339 e. The van der Waals surface area contributed by atoms with Gasteiger partial charge in [0.1, 0.15) is 0 Å². The first-order chi connectivity index (χ1) is 11.4. The molecule has 1 aromatic carbocycles. The van der Waals surface area contributed by atoms with Crippen LogP contribution in [-0.2, 0) is 10.0 Å². The molecule has 3 rings (SSSR count). The summed E-state index contributed by atoms with van der Waals surface area (Å²) in [4.78, 5) is 14.7. The molecule has 24 heavy (non-hydrogen) atoms. The molecule has 0 unspecified atom stereocenters. The summed E-state index contributed by atoms with van der Waals surface area (Å²) in [6.07, 6.45) is 3.69. The Morgan fingerprint density at radius 2 is 1.75 bits per heavy atom. The molecule has 7 heteroatoms. The van der Waals surface area contributed by atoms with Crippen LogP contribution in [0.4, 0.5) is 0 Å². The van der Waals surface area contributed by atoms with E-state index in [0.29, 0.717) is 37.1 Å². The Hall–Kier alpha value is -1.11. The smallest absolute Gasteiger partial charge is 0.255 e. The van der Waals surface area contributed by atoms with Crippen LogP contribution in [0.25, 0.3) is 0 Å². The van der Waals surface area contributed by atoms with E-state index < -0.39 is 10.0 Å². The zero-order chi connectivity index (χ0) is 17.3. The third-order valence-corrected chi connectivity index (χ3v) is 7.17. The average Bonchev–Trinajstić information content (AvgIpc) is 3.10. The molecule has 2 aliphatic heterocycles. The molecular weight excluding hydrogens is 348 g/mol. The van der Waals surface area contributed by atoms with Crippen LogP contribution < -0.4 is 0 Å². The van der Waals surface area contributed by atoms with Gasteiger partial charge in [0.15, 0.2) is 0 Å². The number of hydrogen-bond acceptors (Lipinski definition) is 3. The van der Waals surface area contributed by atoms with E-state index in [1.54, 1.807) is 4.90 Å². The van der Waals surface area contributed by atoms with Gasteiger partial charge in [0.05, 0.1) is 15.5 Å². The maximum absolute atomic E-state index is 12.8. The minimum atomic E-state index is -3.55. The minimum Gasteiger partial charge on any atom is -0.339 e. The molecule has 0 bridgehead atoms. The van der Waals surface area contributed by atoms with Crippen molar-refractivity contribution in [3.05, 3.63) is 28.8 Å². The molecule has 0 spiro atoms. The normalized spacial score (nSPS) is 20.5. The Bertz CT molecular complexity index is 721. The molecule has 0 radical (unpaired) electrons. The molecular formula is C17H23ClN2O3S. The summed E-state index contributed by atoms with van der Waals surface area (Å²) in [6.45, 7) is 4.65. The van der Waals surface area contributed by atoms with Crippen molar-refractivity contribution < 1.29 is 13.2 Å². The minimum absolute atomic E-state index is 0.155. The summed E-state index contributed by atoms with van der Waals surface area (Å²) in [7, 11) is -3.55. The maximum Gasteiger partial charge on any atom is 0.255 e. The van der Waals surface area contributed by atoms with E-state index in [1.807, 2.05) is 0 Å². The van der Waals surface area contributed by atoms with Crippen LogP contribution in [0.3, 0.4) is 0 Å². The van der Waals surface area contributed by atoms with E-state index in [0.717, 1.165) is 25.7 Å². The van der Waals surface area contributed by atoms with Gasteiger partial charge < -0.3 is 4.90 Å². The first-order valence-electron chi connectivity index (χ1n) is 8.48. The van der Waals surface area contributed by atoms with Gasteiger partial charge in [-0.15, -0.1) is 0 Å². The maximum atomic E-state index is 12.8. The van der Waals surface area contributed by atoms with Gasteiger partial charge in [-0.05, 0) is 49.8 Å². The third-order valence-electron chi connectivity index (χ3n) is 4.94. The Morgan fingerprint density at radius 1 is 1.12 bits per heavy atom. The molecule has 0 N–H and O–H groups in total. The number of benzene rings is 1. The molecule has 0 aliphatic carbocycles. The van der Waals surface area contributed by atoms with Crippen molar-refractivity contribution in [3.8, 4) is 0 Å². The van der Waals surface area contributed by atoms with E-state index in [1.165, 1.54) is 22.5 Å².